The summed E-state index contributed by atoms with van der Waals surface area (Å²) in [7, 11) is 0. The fourth-order valence-electron chi connectivity index (χ4n) is 3.75. The zero-order valence-corrected chi connectivity index (χ0v) is 15.1. The molecular weight excluding hydrogens is 324 g/mol. The molecular formula is C19H28O6. The zero-order valence-electron chi connectivity index (χ0n) is 15.1. The number of unbranched alkanes of at least 4 members (excludes halogenated alkanes) is 3. The molecule has 6 heteroatoms. The lowest BCUT2D eigenvalue weighted by atomic mass is 9.71. The standard InChI is InChI=1S/C19H28O6/c1-4-5-6-7-8-9-12-10-14-19(22,11-13(20)18(2,3)25-14)16-15(12)23-17(21)24-16/h8-10,13-16,20,22H,4-7,11H2,1-3H3/b9-8+/t13-,14-,15+,16+,19+/m0/s1. The summed E-state index contributed by atoms with van der Waals surface area (Å²) >= 11 is 0. The van der Waals surface area contributed by atoms with Crippen LogP contribution in [-0.4, -0.2) is 52.0 Å². The Morgan fingerprint density at radius 1 is 1.32 bits per heavy atom. The lowest BCUT2D eigenvalue weighted by molar-refractivity contribution is -0.262. The number of rotatable bonds is 5. The van der Waals surface area contributed by atoms with Gasteiger partial charge in [-0.05, 0) is 38.3 Å². The van der Waals surface area contributed by atoms with Crippen molar-refractivity contribution >= 4 is 6.16 Å². The van der Waals surface area contributed by atoms with E-state index in [9.17, 15) is 15.0 Å². The molecule has 0 aromatic carbocycles. The fraction of sp³-hybridized carbons (Fsp3) is 0.737. The molecule has 2 N–H and O–H groups in total. The van der Waals surface area contributed by atoms with Crippen molar-refractivity contribution in [2.75, 3.05) is 0 Å². The molecule has 25 heavy (non-hydrogen) atoms. The molecule has 0 aromatic heterocycles. The van der Waals surface area contributed by atoms with E-state index in [0.717, 1.165) is 24.8 Å². The summed E-state index contributed by atoms with van der Waals surface area (Å²) in [6.45, 7) is 5.73. The quantitative estimate of drug-likeness (QED) is 0.584. The highest BCUT2D eigenvalue weighted by Crippen LogP contribution is 2.46. The van der Waals surface area contributed by atoms with Crippen LogP contribution in [0.2, 0.25) is 0 Å². The number of carbonyl (C=O) groups excluding carboxylic acids is 1. The van der Waals surface area contributed by atoms with E-state index in [4.69, 9.17) is 14.2 Å². The highest BCUT2D eigenvalue weighted by molar-refractivity contribution is 5.65. The minimum absolute atomic E-state index is 0.0620. The van der Waals surface area contributed by atoms with E-state index < -0.39 is 41.8 Å². The van der Waals surface area contributed by atoms with E-state index in [1.807, 2.05) is 6.08 Å². The van der Waals surface area contributed by atoms with Gasteiger partial charge in [0.15, 0.2) is 12.2 Å². The molecule has 0 amide bonds. The van der Waals surface area contributed by atoms with Crippen LogP contribution in [0.3, 0.4) is 0 Å². The Bertz CT molecular complexity index is 580. The number of aliphatic hydroxyl groups is 2. The third-order valence-corrected chi connectivity index (χ3v) is 5.42. The minimum Gasteiger partial charge on any atom is -0.423 e. The Kier molecular flexibility index (Phi) is 4.97. The van der Waals surface area contributed by atoms with Gasteiger partial charge in [0.25, 0.3) is 0 Å². The largest absolute Gasteiger partial charge is 0.509 e. The average molecular weight is 352 g/mol. The normalized spacial score (nSPS) is 39.4. The van der Waals surface area contributed by atoms with Gasteiger partial charge in [0.2, 0.25) is 0 Å². The van der Waals surface area contributed by atoms with Gasteiger partial charge < -0.3 is 24.4 Å². The molecule has 0 unspecified atom stereocenters. The Hall–Kier alpha value is -1.37. The Morgan fingerprint density at radius 3 is 2.80 bits per heavy atom. The van der Waals surface area contributed by atoms with Crippen LogP contribution in [0, 0.1) is 0 Å². The van der Waals surface area contributed by atoms with Crippen LogP contribution >= 0.6 is 0 Å². The van der Waals surface area contributed by atoms with Gasteiger partial charge in [-0.1, -0.05) is 31.9 Å². The summed E-state index contributed by atoms with van der Waals surface area (Å²) in [5.41, 5.74) is -1.51. The molecule has 3 aliphatic rings. The molecule has 1 aliphatic carbocycles. The fourth-order valence-corrected chi connectivity index (χ4v) is 3.75. The molecule has 0 aromatic rings. The molecule has 2 saturated heterocycles. The lowest BCUT2D eigenvalue weighted by Crippen LogP contribution is -2.67. The van der Waals surface area contributed by atoms with Crippen LogP contribution in [0.1, 0.15) is 52.9 Å². The lowest BCUT2D eigenvalue weighted by Gasteiger charge is -2.52. The number of hydrogen-bond donors (Lipinski definition) is 2. The summed E-state index contributed by atoms with van der Waals surface area (Å²) in [6, 6.07) is 0. The maximum absolute atomic E-state index is 11.7. The topological polar surface area (TPSA) is 85.2 Å². The van der Waals surface area contributed by atoms with Crippen molar-refractivity contribution in [3.05, 3.63) is 23.8 Å². The van der Waals surface area contributed by atoms with Gasteiger partial charge in [-0.15, -0.1) is 0 Å². The highest BCUT2D eigenvalue weighted by Gasteiger charge is 2.63. The summed E-state index contributed by atoms with van der Waals surface area (Å²) in [6.07, 6.45) is 6.33. The van der Waals surface area contributed by atoms with Gasteiger partial charge in [-0.3, -0.25) is 0 Å². The number of carbonyl (C=O) groups is 1. The van der Waals surface area contributed by atoms with Crippen LogP contribution in [0.15, 0.2) is 23.8 Å². The van der Waals surface area contributed by atoms with Crippen molar-refractivity contribution in [3.8, 4) is 0 Å². The van der Waals surface area contributed by atoms with E-state index in [0.29, 0.717) is 0 Å². The molecule has 2 fully saturated rings. The molecule has 3 rings (SSSR count). The highest BCUT2D eigenvalue weighted by atomic mass is 16.8. The van der Waals surface area contributed by atoms with Crippen LogP contribution < -0.4 is 0 Å². The maximum atomic E-state index is 11.7. The van der Waals surface area contributed by atoms with E-state index >= 15 is 0 Å². The third-order valence-electron chi connectivity index (χ3n) is 5.42. The second kappa shape index (κ2) is 6.74. The average Bonchev–Trinajstić information content (AvgIpc) is 2.93. The van der Waals surface area contributed by atoms with Gasteiger partial charge in [0.1, 0.15) is 11.7 Å². The molecule has 140 valence electrons. The molecule has 2 heterocycles. The number of fused-ring (bicyclic) bond motifs is 3. The van der Waals surface area contributed by atoms with Crippen LogP contribution in [0.5, 0.6) is 0 Å². The number of ether oxygens (including phenoxy) is 3. The van der Waals surface area contributed by atoms with Crippen molar-refractivity contribution in [2.45, 2.75) is 88.5 Å². The summed E-state index contributed by atoms with van der Waals surface area (Å²) in [5, 5.41) is 21.4. The first-order valence-electron chi connectivity index (χ1n) is 9.11. The Balaban J connectivity index is 1.86. The SMILES string of the molecule is CCCCC/C=C/C1=C[C@@H]2OC(C)(C)[C@@H](O)C[C@]2(O)[C@@H]2OC(=O)O[C@H]12. The van der Waals surface area contributed by atoms with E-state index in [1.54, 1.807) is 19.9 Å². The van der Waals surface area contributed by atoms with Gasteiger partial charge in [0.05, 0.1) is 11.7 Å². The van der Waals surface area contributed by atoms with Gasteiger partial charge in [-0.2, -0.15) is 0 Å². The van der Waals surface area contributed by atoms with Crippen molar-refractivity contribution < 1.29 is 29.2 Å². The first-order chi connectivity index (χ1) is 11.8. The van der Waals surface area contributed by atoms with E-state index in [2.05, 4.69) is 13.0 Å². The number of hydrogen-bond acceptors (Lipinski definition) is 6. The van der Waals surface area contributed by atoms with Crippen molar-refractivity contribution in [1.29, 1.82) is 0 Å². The predicted molar refractivity (Wildman–Crippen MR) is 91.0 cm³/mol. The van der Waals surface area contributed by atoms with Crippen molar-refractivity contribution in [2.24, 2.45) is 0 Å². The summed E-state index contributed by atoms with van der Waals surface area (Å²) in [5.74, 6) is 0. The molecule has 0 spiro atoms. The van der Waals surface area contributed by atoms with Crippen LogP contribution in [0.25, 0.3) is 0 Å². The second-order valence-electron chi connectivity index (χ2n) is 7.74. The van der Waals surface area contributed by atoms with Crippen LogP contribution in [-0.2, 0) is 14.2 Å². The van der Waals surface area contributed by atoms with Gasteiger partial charge >= 0.3 is 6.16 Å². The molecule has 6 nitrogen and oxygen atoms in total. The molecule has 5 atom stereocenters. The maximum Gasteiger partial charge on any atom is 0.509 e. The monoisotopic (exact) mass is 352 g/mol. The van der Waals surface area contributed by atoms with Crippen molar-refractivity contribution in [3.63, 3.8) is 0 Å². The molecule has 2 aliphatic heterocycles. The first kappa shape index (κ1) is 18.4. The Labute approximate surface area is 148 Å². The molecule has 0 radical (unpaired) electrons. The summed E-state index contributed by atoms with van der Waals surface area (Å²) < 4.78 is 16.5. The summed E-state index contributed by atoms with van der Waals surface area (Å²) in [4.78, 5) is 11.7. The number of aliphatic hydroxyl groups excluding tert-OH is 1. The molecule has 0 bridgehead atoms. The van der Waals surface area contributed by atoms with Crippen LogP contribution in [0.4, 0.5) is 4.79 Å². The third kappa shape index (κ3) is 3.35. The van der Waals surface area contributed by atoms with Gasteiger partial charge in [-0.25, -0.2) is 4.79 Å². The molecule has 0 saturated carbocycles. The zero-order chi connectivity index (χ0) is 18.2. The minimum atomic E-state index is -1.49. The van der Waals surface area contributed by atoms with Crippen molar-refractivity contribution in [1.82, 2.24) is 0 Å². The smallest absolute Gasteiger partial charge is 0.423 e. The second-order valence-corrected chi connectivity index (χ2v) is 7.74. The first-order valence-corrected chi connectivity index (χ1v) is 9.11. The number of allylic oxidation sites excluding steroid dienone is 1. The van der Waals surface area contributed by atoms with Gasteiger partial charge in [0, 0.05) is 6.42 Å². The van der Waals surface area contributed by atoms with E-state index in [1.165, 1.54) is 6.42 Å². The Morgan fingerprint density at radius 2 is 2.08 bits per heavy atom. The predicted octanol–water partition coefficient (Wildman–Crippen LogP) is 2.63. The van der Waals surface area contributed by atoms with E-state index in [-0.39, 0.29) is 6.42 Å².